The fourth-order valence-electron chi connectivity index (χ4n) is 1.47. The molecule has 4 nitrogen and oxygen atoms in total. The lowest BCUT2D eigenvalue weighted by molar-refractivity contribution is -0.141. The van der Waals surface area contributed by atoms with Crippen LogP contribution in [0.4, 0.5) is 8.78 Å². The van der Waals surface area contributed by atoms with Gasteiger partial charge < -0.3 is 14.6 Å². The summed E-state index contributed by atoms with van der Waals surface area (Å²) in [6.07, 6.45) is -0.976. The van der Waals surface area contributed by atoms with Crippen LogP contribution in [0, 0.1) is 0 Å². The number of rotatable bonds is 6. The predicted octanol–water partition coefficient (Wildman–Crippen LogP) is 2.27. The Bertz CT molecular complexity index is 395. The van der Waals surface area contributed by atoms with E-state index in [9.17, 15) is 18.7 Å². The molecule has 0 spiro atoms. The van der Waals surface area contributed by atoms with Gasteiger partial charge >= 0.3 is 12.6 Å². The number of para-hydroxylation sites is 1. The monoisotopic (exact) mass is 260 g/mol. The first-order valence-corrected chi connectivity index (χ1v) is 5.33. The summed E-state index contributed by atoms with van der Waals surface area (Å²) in [6, 6.07) is 5.92. The third-order valence-corrected chi connectivity index (χ3v) is 2.34. The molecule has 6 heteroatoms. The van der Waals surface area contributed by atoms with Crippen molar-refractivity contribution in [1.29, 1.82) is 0 Å². The van der Waals surface area contributed by atoms with Gasteiger partial charge in [0, 0.05) is 12.0 Å². The van der Waals surface area contributed by atoms with Crippen molar-refractivity contribution in [2.75, 3.05) is 7.11 Å². The van der Waals surface area contributed by atoms with Gasteiger partial charge in [-0.3, -0.25) is 4.79 Å². The van der Waals surface area contributed by atoms with E-state index in [2.05, 4.69) is 9.47 Å². The first kappa shape index (κ1) is 14.4. The highest BCUT2D eigenvalue weighted by Gasteiger charge is 2.17. The zero-order chi connectivity index (χ0) is 13.5. The van der Waals surface area contributed by atoms with Crippen LogP contribution in [0.1, 0.15) is 24.5 Å². The van der Waals surface area contributed by atoms with Crippen LogP contribution in [0.2, 0.25) is 0 Å². The molecule has 1 atom stereocenters. The van der Waals surface area contributed by atoms with Crippen molar-refractivity contribution in [2.24, 2.45) is 0 Å². The van der Waals surface area contributed by atoms with Crippen LogP contribution in [0.3, 0.4) is 0 Å². The zero-order valence-corrected chi connectivity index (χ0v) is 9.81. The molecule has 1 aromatic carbocycles. The highest BCUT2D eigenvalue weighted by Crippen LogP contribution is 2.29. The van der Waals surface area contributed by atoms with Gasteiger partial charge in [-0.2, -0.15) is 8.78 Å². The first-order valence-electron chi connectivity index (χ1n) is 5.33. The van der Waals surface area contributed by atoms with Crippen molar-refractivity contribution in [3.63, 3.8) is 0 Å². The molecular formula is C12H14F2O4. The van der Waals surface area contributed by atoms with Gasteiger partial charge in [-0.1, -0.05) is 18.2 Å². The number of hydrogen-bond donors (Lipinski definition) is 1. The normalized spacial score (nSPS) is 12.3. The van der Waals surface area contributed by atoms with Crippen LogP contribution in [0.25, 0.3) is 0 Å². The third-order valence-electron chi connectivity index (χ3n) is 2.34. The number of halogens is 2. The second-order valence-electron chi connectivity index (χ2n) is 3.55. The summed E-state index contributed by atoms with van der Waals surface area (Å²) in [5.74, 6) is -0.564. The Morgan fingerprint density at radius 2 is 2.06 bits per heavy atom. The van der Waals surface area contributed by atoms with Crippen molar-refractivity contribution >= 4 is 5.97 Å². The molecule has 0 aromatic heterocycles. The van der Waals surface area contributed by atoms with Crippen molar-refractivity contribution in [3.8, 4) is 5.75 Å². The number of carbonyl (C=O) groups is 1. The standard InChI is InChI=1S/C12H14F2O4/c1-17-11(16)7-6-9(15)8-4-2-3-5-10(8)18-12(13)14/h2-5,9,12,15H,6-7H2,1H3. The van der Waals surface area contributed by atoms with E-state index in [-0.39, 0.29) is 24.2 Å². The number of methoxy groups -OCH3 is 1. The lowest BCUT2D eigenvalue weighted by Gasteiger charge is -2.15. The van der Waals surface area contributed by atoms with Gasteiger partial charge in [-0.05, 0) is 12.5 Å². The number of benzene rings is 1. The van der Waals surface area contributed by atoms with Crippen LogP contribution >= 0.6 is 0 Å². The van der Waals surface area contributed by atoms with E-state index in [4.69, 9.17) is 0 Å². The second-order valence-corrected chi connectivity index (χ2v) is 3.55. The summed E-state index contributed by atoms with van der Waals surface area (Å²) in [5.41, 5.74) is 0.224. The summed E-state index contributed by atoms with van der Waals surface area (Å²) < 4.78 is 33.0. The van der Waals surface area contributed by atoms with Crippen molar-refractivity contribution < 1.29 is 28.2 Å². The van der Waals surface area contributed by atoms with Crippen molar-refractivity contribution in [1.82, 2.24) is 0 Å². The molecular weight excluding hydrogens is 246 g/mol. The van der Waals surface area contributed by atoms with Gasteiger partial charge in [0.1, 0.15) is 5.75 Å². The second kappa shape index (κ2) is 6.90. The molecule has 0 amide bonds. The Kier molecular flexibility index (Phi) is 5.51. The molecule has 18 heavy (non-hydrogen) atoms. The first-order chi connectivity index (χ1) is 8.54. The molecule has 100 valence electrons. The van der Waals surface area contributed by atoms with E-state index < -0.39 is 18.7 Å². The highest BCUT2D eigenvalue weighted by molar-refractivity contribution is 5.69. The fourth-order valence-corrected chi connectivity index (χ4v) is 1.47. The van der Waals surface area contributed by atoms with E-state index in [1.807, 2.05) is 0 Å². The lowest BCUT2D eigenvalue weighted by Crippen LogP contribution is -2.09. The summed E-state index contributed by atoms with van der Waals surface area (Å²) in [5, 5.41) is 9.83. The summed E-state index contributed by atoms with van der Waals surface area (Å²) in [7, 11) is 1.24. The number of aliphatic hydroxyl groups excluding tert-OH is 1. The van der Waals surface area contributed by atoms with Crippen LogP contribution in [0.15, 0.2) is 24.3 Å². The topological polar surface area (TPSA) is 55.8 Å². The van der Waals surface area contributed by atoms with Crippen molar-refractivity contribution in [2.45, 2.75) is 25.6 Å². The fraction of sp³-hybridized carbons (Fsp3) is 0.417. The Morgan fingerprint density at radius 3 is 2.67 bits per heavy atom. The SMILES string of the molecule is COC(=O)CCC(O)c1ccccc1OC(F)F. The summed E-state index contributed by atoms with van der Waals surface area (Å²) >= 11 is 0. The molecule has 0 radical (unpaired) electrons. The predicted molar refractivity (Wildman–Crippen MR) is 59.3 cm³/mol. The quantitative estimate of drug-likeness (QED) is 0.797. The molecule has 0 saturated carbocycles. The third kappa shape index (κ3) is 4.29. The number of ether oxygens (including phenoxy) is 2. The molecule has 1 rings (SSSR count). The maximum Gasteiger partial charge on any atom is 0.387 e. The zero-order valence-electron chi connectivity index (χ0n) is 9.81. The molecule has 0 saturated heterocycles. The molecule has 0 heterocycles. The van der Waals surface area contributed by atoms with Gasteiger partial charge in [0.25, 0.3) is 0 Å². The Hall–Kier alpha value is -1.69. The number of aliphatic hydroxyl groups is 1. The molecule has 0 fully saturated rings. The Morgan fingerprint density at radius 1 is 1.39 bits per heavy atom. The van der Waals surface area contributed by atoms with Gasteiger partial charge in [0.2, 0.25) is 0 Å². The van der Waals surface area contributed by atoms with Crippen LogP contribution in [0.5, 0.6) is 5.75 Å². The van der Waals surface area contributed by atoms with E-state index >= 15 is 0 Å². The minimum atomic E-state index is -2.96. The van der Waals surface area contributed by atoms with Gasteiger partial charge in [-0.15, -0.1) is 0 Å². The maximum absolute atomic E-state index is 12.2. The minimum absolute atomic E-state index is 0.000674. The smallest absolute Gasteiger partial charge is 0.387 e. The van der Waals surface area contributed by atoms with E-state index in [0.717, 1.165) is 0 Å². The van der Waals surface area contributed by atoms with E-state index in [0.29, 0.717) is 0 Å². The van der Waals surface area contributed by atoms with Crippen molar-refractivity contribution in [3.05, 3.63) is 29.8 Å². The Labute approximate surface area is 103 Å². The molecule has 0 bridgehead atoms. The number of hydrogen-bond acceptors (Lipinski definition) is 4. The number of alkyl halides is 2. The van der Waals surface area contributed by atoms with Gasteiger partial charge in [0.15, 0.2) is 0 Å². The van der Waals surface area contributed by atoms with Gasteiger partial charge in [0.05, 0.1) is 13.2 Å². The highest BCUT2D eigenvalue weighted by atomic mass is 19.3. The molecule has 1 N–H and O–H groups in total. The average molecular weight is 260 g/mol. The lowest BCUT2D eigenvalue weighted by atomic mass is 10.0. The van der Waals surface area contributed by atoms with Crippen LogP contribution in [-0.2, 0) is 9.53 Å². The largest absolute Gasteiger partial charge is 0.469 e. The van der Waals surface area contributed by atoms with Crippen LogP contribution in [-0.4, -0.2) is 24.8 Å². The average Bonchev–Trinajstić information content (AvgIpc) is 2.35. The molecule has 1 aromatic rings. The Balaban J connectivity index is 2.72. The van der Waals surface area contributed by atoms with Gasteiger partial charge in [-0.25, -0.2) is 0 Å². The maximum atomic E-state index is 12.2. The molecule has 0 aliphatic rings. The van der Waals surface area contributed by atoms with E-state index in [1.54, 1.807) is 6.07 Å². The number of esters is 1. The molecule has 0 aliphatic heterocycles. The van der Waals surface area contributed by atoms with Crippen LogP contribution < -0.4 is 4.74 Å². The summed E-state index contributed by atoms with van der Waals surface area (Å²) in [4.78, 5) is 10.9. The number of carbonyl (C=O) groups excluding carboxylic acids is 1. The minimum Gasteiger partial charge on any atom is -0.469 e. The van der Waals surface area contributed by atoms with E-state index in [1.165, 1.54) is 25.3 Å². The molecule has 1 unspecified atom stereocenters. The molecule has 0 aliphatic carbocycles. The summed E-state index contributed by atoms with van der Waals surface area (Å²) in [6.45, 7) is -2.96.